The minimum absolute atomic E-state index is 0.0825. The molecule has 0 aliphatic rings. The molecule has 1 amide bonds. The zero-order chi connectivity index (χ0) is 25.2. The van der Waals surface area contributed by atoms with Crippen LogP contribution in [0.1, 0.15) is 27.0 Å². The second-order valence-corrected chi connectivity index (χ2v) is 8.04. The van der Waals surface area contributed by atoms with Gasteiger partial charge in [-0.2, -0.15) is 5.10 Å². The van der Waals surface area contributed by atoms with Gasteiger partial charge in [0.15, 0.2) is 11.5 Å². The molecule has 7 nitrogen and oxygen atoms in total. The van der Waals surface area contributed by atoms with E-state index in [9.17, 15) is 9.90 Å². The number of methoxy groups -OCH3 is 2. The Balaban J connectivity index is 1.73. The van der Waals surface area contributed by atoms with Gasteiger partial charge in [-0.3, -0.25) is 9.69 Å². The Kier molecular flexibility index (Phi) is 9.13. The van der Waals surface area contributed by atoms with E-state index in [1.54, 1.807) is 26.4 Å². The predicted octanol–water partition coefficient (Wildman–Crippen LogP) is 4.31. The Hall–Kier alpha value is -3.99. The van der Waals surface area contributed by atoms with Gasteiger partial charge in [-0.05, 0) is 48.5 Å². The fourth-order valence-electron chi connectivity index (χ4n) is 3.25. The summed E-state index contributed by atoms with van der Waals surface area (Å²) in [5, 5.41) is 13.6. The lowest BCUT2D eigenvalue weighted by Gasteiger charge is -2.13. The van der Waals surface area contributed by atoms with Gasteiger partial charge in [0.25, 0.3) is 5.91 Å². The molecule has 0 aliphatic carbocycles. The topological polar surface area (TPSA) is 83.4 Å². The molecule has 0 fully saturated rings. The third-order valence-corrected chi connectivity index (χ3v) is 5.26. The molecule has 0 saturated carbocycles. The predicted molar refractivity (Wildman–Crippen MR) is 137 cm³/mol. The van der Waals surface area contributed by atoms with Gasteiger partial charge in [-0.1, -0.05) is 53.8 Å². The summed E-state index contributed by atoms with van der Waals surface area (Å²) >= 11 is 5.86. The summed E-state index contributed by atoms with van der Waals surface area (Å²) in [6.45, 7) is 1.35. The number of aromatic hydroxyl groups is 1. The number of hydrogen-bond acceptors (Lipinski definition) is 6. The number of carbonyl (C=O) groups excluding carboxylic acids is 1. The van der Waals surface area contributed by atoms with Crippen molar-refractivity contribution in [1.82, 2.24) is 10.3 Å². The number of halogens is 1. The van der Waals surface area contributed by atoms with Crippen molar-refractivity contribution in [2.45, 2.75) is 6.54 Å². The van der Waals surface area contributed by atoms with Gasteiger partial charge in [0, 0.05) is 12.1 Å². The van der Waals surface area contributed by atoms with Gasteiger partial charge < -0.3 is 14.6 Å². The highest BCUT2D eigenvalue weighted by Gasteiger charge is 2.11. The van der Waals surface area contributed by atoms with Gasteiger partial charge in [0.1, 0.15) is 5.75 Å². The van der Waals surface area contributed by atoms with Gasteiger partial charge in [-0.15, -0.1) is 0 Å². The second kappa shape index (κ2) is 12.5. The maximum atomic E-state index is 12.3. The van der Waals surface area contributed by atoms with Crippen LogP contribution in [-0.4, -0.2) is 49.9 Å². The zero-order valence-corrected chi connectivity index (χ0v) is 20.5. The minimum atomic E-state index is -0.468. The number of phenols is 1. The Labute approximate surface area is 209 Å². The molecule has 0 heterocycles. The van der Waals surface area contributed by atoms with Gasteiger partial charge in [0.2, 0.25) is 0 Å². The van der Waals surface area contributed by atoms with Gasteiger partial charge in [-0.25, -0.2) is 5.43 Å². The highest BCUT2D eigenvalue weighted by molar-refractivity contribution is 6.32. The highest BCUT2D eigenvalue weighted by Crippen LogP contribution is 2.31. The molecule has 0 saturated heterocycles. The SMILES string of the molecule is COc1cc(C=NNC(=O)c2ccc(O)c(Cl)c2)cc(C#CCN(C)Cc2ccccc2)c1OC. The molecule has 180 valence electrons. The molecule has 3 aromatic carbocycles. The molecular weight excluding hydrogens is 466 g/mol. The van der Waals surface area contributed by atoms with E-state index >= 15 is 0 Å². The molecule has 0 radical (unpaired) electrons. The lowest BCUT2D eigenvalue weighted by Crippen LogP contribution is -2.17. The summed E-state index contributed by atoms with van der Waals surface area (Å²) in [5.74, 6) is 6.77. The van der Waals surface area contributed by atoms with E-state index in [2.05, 4.69) is 39.4 Å². The monoisotopic (exact) mass is 491 g/mol. The Morgan fingerprint density at radius 2 is 1.91 bits per heavy atom. The van der Waals surface area contributed by atoms with E-state index in [0.29, 0.717) is 29.2 Å². The summed E-state index contributed by atoms with van der Waals surface area (Å²) in [4.78, 5) is 14.4. The maximum Gasteiger partial charge on any atom is 0.271 e. The standard InChI is InChI=1S/C27H26ClN3O4/c1-31(18-19-8-5-4-6-9-19)13-7-10-21-14-20(15-25(34-2)26(21)35-3)17-29-30-27(33)22-11-12-24(32)23(28)16-22/h4-6,8-9,11-12,14-17,32H,13,18H2,1-3H3,(H,30,33). The number of hydrogen-bond donors (Lipinski definition) is 2. The van der Waals surface area contributed by atoms with Crippen molar-refractivity contribution < 1.29 is 19.4 Å². The van der Waals surface area contributed by atoms with Crippen LogP contribution < -0.4 is 14.9 Å². The Morgan fingerprint density at radius 3 is 2.60 bits per heavy atom. The molecule has 0 bridgehead atoms. The molecular formula is C27H26ClN3O4. The minimum Gasteiger partial charge on any atom is -0.506 e. The first-order valence-corrected chi connectivity index (χ1v) is 11.1. The van der Waals surface area contributed by atoms with Crippen LogP contribution in [0.3, 0.4) is 0 Å². The van der Waals surface area contributed by atoms with Crippen molar-refractivity contribution in [1.29, 1.82) is 0 Å². The van der Waals surface area contributed by atoms with E-state index in [0.717, 1.165) is 6.54 Å². The molecule has 2 N–H and O–H groups in total. The van der Waals surface area contributed by atoms with Crippen LogP contribution in [0.25, 0.3) is 0 Å². The van der Waals surface area contributed by atoms with E-state index in [4.69, 9.17) is 21.1 Å². The van der Waals surface area contributed by atoms with Crippen LogP contribution in [0, 0.1) is 11.8 Å². The molecule has 0 unspecified atom stereocenters. The molecule has 3 aromatic rings. The number of ether oxygens (including phenoxy) is 2. The first-order chi connectivity index (χ1) is 16.9. The highest BCUT2D eigenvalue weighted by atomic mass is 35.5. The number of phenolic OH excluding ortho intramolecular Hbond substituents is 1. The number of nitrogens with one attached hydrogen (secondary N) is 1. The van der Waals surface area contributed by atoms with Crippen LogP contribution in [0.5, 0.6) is 17.2 Å². The van der Waals surface area contributed by atoms with Crippen molar-refractivity contribution in [2.75, 3.05) is 27.8 Å². The Bertz CT molecular complexity index is 1270. The van der Waals surface area contributed by atoms with Crippen molar-refractivity contribution in [3.05, 3.63) is 87.9 Å². The maximum absolute atomic E-state index is 12.3. The third-order valence-electron chi connectivity index (χ3n) is 4.96. The summed E-state index contributed by atoms with van der Waals surface area (Å²) < 4.78 is 11.0. The molecule has 0 aliphatic heterocycles. The lowest BCUT2D eigenvalue weighted by molar-refractivity contribution is 0.0955. The molecule has 0 atom stereocenters. The number of rotatable bonds is 8. The molecule has 35 heavy (non-hydrogen) atoms. The van der Waals surface area contributed by atoms with Crippen LogP contribution in [0.4, 0.5) is 0 Å². The zero-order valence-electron chi connectivity index (χ0n) is 19.7. The third kappa shape index (κ3) is 7.24. The van der Waals surface area contributed by atoms with E-state index in [1.807, 2.05) is 25.2 Å². The number of hydrazone groups is 1. The number of amides is 1. The van der Waals surface area contributed by atoms with Crippen LogP contribution in [-0.2, 0) is 6.54 Å². The lowest BCUT2D eigenvalue weighted by atomic mass is 10.1. The van der Waals surface area contributed by atoms with Crippen molar-refractivity contribution in [3.8, 4) is 29.1 Å². The average Bonchev–Trinajstić information content (AvgIpc) is 2.85. The van der Waals surface area contributed by atoms with E-state index in [1.165, 1.54) is 30.0 Å². The first kappa shape index (κ1) is 25.6. The van der Waals surface area contributed by atoms with E-state index < -0.39 is 5.91 Å². The molecule has 0 aromatic heterocycles. The van der Waals surface area contributed by atoms with E-state index in [-0.39, 0.29) is 16.3 Å². The number of carbonyl (C=O) groups is 1. The normalized spacial score (nSPS) is 10.7. The molecule has 3 rings (SSSR count). The molecule has 8 heteroatoms. The first-order valence-electron chi connectivity index (χ1n) is 10.7. The average molecular weight is 492 g/mol. The summed E-state index contributed by atoms with van der Waals surface area (Å²) in [6.07, 6.45) is 1.48. The van der Waals surface area contributed by atoms with Crippen molar-refractivity contribution in [2.24, 2.45) is 5.10 Å². The number of nitrogens with zero attached hydrogens (tertiary/aromatic N) is 2. The Morgan fingerprint density at radius 1 is 1.14 bits per heavy atom. The fourth-order valence-corrected chi connectivity index (χ4v) is 3.43. The quantitative estimate of drug-likeness (QED) is 0.279. The summed E-state index contributed by atoms with van der Waals surface area (Å²) in [6, 6.07) is 17.9. The smallest absolute Gasteiger partial charge is 0.271 e. The van der Waals surface area contributed by atoms with Gasteiger partial charge in [0.05, 0.1) is 37.6 Å². The van der Waals surface area contributed by atoms with Crippen LogP contribution in [0.2, 0.25) is 5.02 Å². The van der Waals surface area contributed by atoms with Crippen LogP contribution in [0.15, 0.2) is 65.8 Å². The number of benzene rings is 3. The van der Waals surface area contributed by atoms with Crippen LogP contribution >= 0.6 is 11.6 Å². The second-order valence-electron chi connectivity index (χ2n) is 7.63. The van der Waals surface area contributed by atoms with Gasteiger partial charge >= 0.3 is 0 Å². The molecule has 0 spiro atoms. The summed E-state index contributed by atoms with van der Waals surface area (Å²) in [7, 11) is 5.10. The fraction of sp³-hybridized carbons (Fsp3) is 0.185. The van der Waals surface area contributed by atoms with Crippen molar-refractivity contribution in [3.63, 3.8) is 0 Å². The summed E-state index contributed by atoms with van der Waals surface area (Å²) in [5.41, 5.74) is 5.22. The largest absolute Gasteiger partial charge is 0.506 e. The van der Waals surface area contributed by atoms with Crippen molar-refractivity contribution >= 4 is 23.7 Å².